The van der Waals surface area contributed by atoms with E-state index in [4.69, 9.17) is 20.9 Å². The number of nitrogens with zero attached hydrogens (tertiary/aromatic N) is 5. The van der Waals surface area contributed by atoms with E-state index >= 15 is 0 Å². The number of ether oxygens (including phenoxy) is 1. The van der Waals surface area contributed by atoms with Crippen molar-refractivity contribution in [3.05, 3.63) is 34.6 Å². The Balaban J connectivity index is 1.27. The molecule has 1 aromatic carbocycles. The standard InChI is InChI=1S/C22H32ClN5O4S/c1-16(2)21-24-22(32-25-21)27-8-6-18(7-9-27)31-20-5-4-17(14-19(20)23)15-26-10-12-28(13-11-26)33(3,29)30/h4-5,14,16,18H,6-13,15H2,1-3H3. The van der Waals surface area contributed by atoms with Crippen molar-refractivity contribution in [1.29, 1.82) is 0 Å². The zero-order chi connectivity index (χ0) is 23.6. The maximum Gasteiger partial charge on any atom is 0.324 e. The van der Waals surface area contributed by atoms with Gasteiger partial charge in [-0.1, -0.05) is 36.7 Å². The first-order valence-corrected chi connectivity index (χ1v) is 13.6. The SMILES string of the molecule is CC(C)c1noc(N2CCC(Oc3ccc(CN4CCN(S(C)(=O)=O)CC4)cc3Cl)CC2)n1. The van der Waals surface area contributed by atoms with E-state index in [2.05, 4.69) is 19.9 Å². The molecule has 33 heavy (non-hydrogen) atoms. The number of piperidine rings is 1. The summed E-state index contributed by atoms with van der Waals surface area (Å²) < 4.78 is 36.5. The van der Waals surface area contributed by atoms with Gasteiger partial charge in [-0.25, -0.2) is 8.42 Å². The summed E-state index contributed by atoms with van der Waals surface area (Å²) in [7, 11) is -3.12. The van der Waals surface area contributed by atoms with Crippen molar-refractivity contribution in [1.82, 2.24) is 19.3 Å². The van der Waals surface area contributed by atoms with E-state index in [0.717, 1.165) is 43.9 Å². The molecule has 0 N–H and O–H groups in total. The van der Waals surface area contributed by atoms with Gasteiger partial charge in [-0.05, 0) is 17.7 Å². The monoisotopic (exact) mass is 497 g/mol. The molecule has 0 amide bonds. The summed E-state index contributed by atoms with van der Waals surface area (Å²) in [6.07, 6.45) is 3.05. The highest BCUT2D eigenvalue weighted by molar-refractivity contribution is 7.88. The number of anilines is 1. The molecule has 182 valence electrons. The Morgan fingerprint density at radius 3 is 2.42 bits per heavy atom. The van der Waals surface area contributed by atoms with Crippen LogP contribution in [0.1, 0.15) is 44.0 Å². The Bertz CT molecular complexity index is 1040. The molecule has 0 bridgehead atoms. The van der Waals surface area contributed by atoms with Crippen LogP contribution in [0.25, 0.3) is 0 Å². The van der Waals surface area contributed by atoms with Gasteiger partial charge in [-0.3, -0.25) is 4.90 Å². The maximum atomic E-state index is 11.7. The third-order valence-electron chi connectivity index (χ3n) is 6.16. The molecule has 2 fully saturated rings. The Hall–Kier alpha value is -1.88. The van der Waals surface area contributed by atoms with Crippen molar-refractivity contribution in [3.8, 4) is 5.75 Å². The van der Waals surface area contributed by atoms with E-state index < -0.39 is 10.0 Å². The first kappa shape index (κ1) is 24.3. The number of aromatic nitrogens is 2. The predicted molar refractivity (Wildman–Crippen MR) is 127 cm³/mol. The van der Waals surface area contributed by atoms with Gasteiger partial charge in [0.25, 0.3) is 0 Å². The normalized spacial score (nSPS) is 19.4. The first-order valence-electron chi connectivity index (χ1n) is 11.4. The molecule has 2 aliphatic heterocycles. The van der Waals surface area contributed by atoms with Crippen molar-refractivity contribution >= 4 is 27.6 Å². The number of rotatable bonds is 7. The van der Waals surface area contributed by atoms with Crippen molar-refractivity contribution in [2.45, 2.75) is 45.3 Å². The smallest absolute Gasteiger partial charge is 0.324 e. The molecule has 0 radical (unpaired) electrons. The van der Waals surface area contributed by atoms with Gasteiger partial charge in [0.1, 0.15) is 11.9 Å². The van der Waals surface area contributed by atoms with Gasteiger partial charge >= 0.3 is 6.01 Å². The maximum absolute atomic E-state index is 11.7. The molecule has 0 spiro atoms. The lowest BCUT2D eigenvalue weighted by atomic mass is 10.1. The van der Waals surface area contributed by atoms with Crippen LogP contribution in [0.3, 0.4) is 0 Å². The molecule has 4 rings (SSSR count). The van der Waals surface area contributed by atoms with Gasteiger partial charge in [0, 0.05) is 64.6 Å². The minimum Gasteiger partial charge on any atom is -0.489 e. The van der Waals surface area contributed by atoms with Gasteiger partial charge in [0.05, 0.1) is 11.3 Å². The molecule has 9 nitrogen and oxygen atoms in total. The molecule has 2 aromatic rings. The summed E-state index contributed by atoms with van der Waals surface area (Å²) in [5, 5.41) is 4.64. The van der Waals surface area contributed by atoms with Crippen molar-refractivity contribution in [2.75, 3.05) is 50.4 Å². The summed E-state index contributed by atoms with van der Waals surface area (Å²) in [4.78, 5) is 8.83. The largest absolute Gasteiger partial charge is 0.489 e. The lowest BCUT2D eigenvalue weighted by Gasteiger charge is -2.33. The van der Waals surface area contributed by atoms with Gasteiger partial charge in [-0.2, -0.15) is 9.29 Å². The fraction of sp³-hybridized carbons (Fsp3) is 0.636. The molecule has 0 saturated carbocycles. The quantitative estimate of drug-likeness (QED) is 0.576. The third kappa shape index (κ3) is 6.17. The van der Waals surface area contributed by atoms with Gasteiger partial charge in [0.2, 0.25) is 10.0 Å². The zero-order valence-electron chi connectivity index (χ0n) is 19.4. The van der Waals surface area contributed by atoms with Crippen LogP contribution in [0.4, 0.5) is 6.01 Å². The summed E-state index contributed by atoms with van der Waals surface area (Å²) in [6.45, 7) is 8.87. The van der Waals surface area contributed by atoms with Crippen molar-refractivity contribution < 1.29 is 17.7 Å². The summed E-state index contributed by atoms with van der Waals surface area (Å²) in [6, 6.07) is 6.49. The summed E-state index contributed by atoms with van der Waals surface area (Å²) >= 11 is 6.53. The molecule has 2 aliphatic rings. The zero-order valence-corrected chi connectivity index (χ0v) is 21.0. The van der Waals surface area contributed by atoms with Crippen LogP contribution in [-0.2, 0) is 16.6 Å². The second-order valence-corrected chi connectivity index (χ2v) is 11.5. The lowest BCUT2D eigenvalue weighted by molar-refractivity contribution is 0.168. The lowest BCUT2D eigenvalue weighted by Crippen LogP contribution is -2.47. The predicted octanol–water partition coefficient (Wildman–Crippen LogP) is 2.97. The Kier molecular flexibility index (Phi) is 7.47. The highest BCUT2D eigenvalue weighted by atomic mass is 35.5. The first-order chi connectivity index (χ1) is 15.7. The van der Waals surface area contributed by atoms with E-state index in [9.17, 15) is 8.42 Å². The minimum absolute atomic E-state index is 0.0844. The second kappa shape index (κ2) is 10.2. The van der Waals surface area contributed by atoms with Gasteiger partial charge in [-0.15, -0.1) is 0 Å². The van der Waals surface area contributed by atoms with E-state index in [-0.39, 0.29) is 12.0 Å². The molecule has 0 aliphatic carbocycles. The van der Waals surface area contributed by atoms with E-state index in [1.807, 2.05) is 32.0 Å². The molecule has 1 aromatic heterocycles. The number of hydrogen-bond donors (Lipinski definition) is 0. The van der Waals surface area contributed by atoms with Crippen LogP contribution in [0.2, 0.25) is 5.02 Å². The fourth-order valence-electron chi connectivity index (χ4n) is 4.15. The van der Waals surface area contributed by atoms with Crippen LogP contribution in [0.15, 0.2) is 22.7 Å². The highest BCUT2D eigenvalue weighted by Crippen LogP contribution is 2.30. The Morgan fingerprint density at radius 1 is 1.15 bits per heavy atom. The van der Waals surface area contributed by atoms with Gasteiger partial charge in [0.15, 0.2) is 5.82 Å². The number of hydrogen-bond acceptors (Lipinski definition) is 8. The van der Waals surface area contributed by atoms with Crippen LogP contribution in [0, 0.1) is 0 Å². The van der Waals surface area contributed by atoms with Crippen LogP contribution in [0.5, 0.6) is 5.75 Å². The average Bonchev–Trinajstić information content (AvgIpc) is 3.27. The molecule has 0 atom stereocenters. The van der Waals surface area contributed by atoms with E-state index in [1.54, 1.807) is 0 Å². The molecule has 11 heteroatoms. The molecule has 0 unspecified atom stereocenters. The van der Waals surface area contributed by atoms with Crippen molar-refractivity contribution in [3.63, 3.8) is 0 Å². The van der Waals surface area contributed by atoms with Crippen molar-refractivity contribution in [2.24, 2.45) is 0 Å². The highest BCUT2D eigenvalue weighted by Gasteiger charge is 2.26. The second-order valence-electron chi connectivity index (χ2n) is 9.10. The summed E-state index contributed by atoms with van der Waals surface area (Å²) in [5.41, 5.74) is 1.09. The average molecular weight is 498 g/mol. The number of benzene rings is 1. The third-order valence-corrected chi connectivity index (χ3v) is 7.75. The van der Waals surface area contributed by atoms with Crippen LogP contribution >= 0.6 is 11.6 Å². The summed E-state index contributed by atoms with van der Waals surface area (Å²) in [5.74, 6) is 1.67. The topological polar surface area (TPSA) is 92.0 Å². The van der Waals surface area contributed by atoms with E-state index in [0.29, 0.717) is 43.0 Å². The van der Waals surface area contributed by atoms with Crippen LogP contribution < -0.4 is 9.64 Å². The number of piperazine rings is 1. The molecule has 2 saturated heterocycles. The number of halogens is 1. The van der Waals surface area contributed by atoms with Gasteiger partial charge < -0.3 is 14.2 Å². The Morgan fingerprint density at radius 2 is 1.85 bits per heavy atom. The van der Waals surface area contributed by atoms with Crippen LogP contribution in [-0.4, -0.2) is 79.4 Å². The fourth-order valence-corrected chi connectivity index (χ4v) is 5.22. The van der Waals surface area contributed by atoms with E-state index in [1.165, 1.54) is 10.6 Å². The number of sulfonamides is 1. The molecular formula is C22H32ClN5O4S. The minimum atomic E-state index is -3.12. The molecule has 3 heterocycles. The molecular weight excluding hydrogens is 466 g/mol. The Labute approximate surface area is 200 Å².